The summed E-state index contributed by atoms with van der Waals surface area (Å²) in [7, 11) is 0. The van der Waals surface area contributed by atoms with E-state index in [9.17, 15) is 4.79 Å². The summed E-state index contributed by atoms with van der Waals surface area (Å²) in [6.45, 7) is 13.8. The predicted molar refractivity (Wildman–Crippen MR) is 112 cm³/mol. The van der Waals surface area contributed by atoms with Crippen LogP contribution in [-0.2, 0) is 11.3 Å². The fourth-order valence-electron chi connectivity index (χ4n) is 3.00. The van der Waals surface area contributed by atoms with E-state index in [2.05, 4.69) is 66.5 Å². The van der Waals surface area contributed by atoms with Gasteiger partial charge in [-0.2, -0.15) is 0 Å². The molecule has 4 heteroatoms. The van der Waals surface area contributed by atoms with Crippen LogP contribution in [0.4, 0.5) is 10.5 Å². The number of ether oxygens (including phenoxy) is 1. The van der Waals surface area contributed by atoms with E-state index >= 15 is 0 Å². The van der Waals surface area contributed by atoms with Gasteiger partial charge in [-0.3, -0.25) is 10.2 Å². The second kappa shape index (κ2) is 9.05. The van der Waals surface area contributed by atoms with E-state index in [1.807, 2.05) is 33.8 Å². The average Bonchev–Trinajstić information content (AvgIpc) is 2.60. The van der Waals surface area contributed by atoms with Crippen LogP contribution in [0.2, 0.25) is 0 Å². The summed E-state index contributed by atoms with van der Waals surface area (Å²) in [4.78, 5) is 14.6. The van der Waals surface area contributed by atoms with Crippen LogP contribution in [-0.4, -0.2) is 23.1 Å². The number of amides is 1. The second-order valence-corrected chi connectivity index (χ2v) is 7.93. The Morgan fingerprint density at radius 1 is 1.15 bits per heavy atom. The summed E-state index contributed by atoms with van der Waals surface area (Å²) in [6.07, 6.45) is -0.424. The molecule has 2 rings (SSSR count). The van der Waals surface area contributed by atoms with Gasteiger partial charge in [0.25, 0.3) is 0 Å². The molecule has 0 aromatic heterocycles. The Labute approximate surface area is 163 Å². The molecule has 0 bridgehead atoms. The van der Waals surface area contributed by atoms with Gasteiger partial charge < -0.3 is 4.74 Å². The summed E-state index contributed by atoms with van der Waals surface area (Å²) in [5, 5.41) is 2.89. The van der Waals surface area contributed by atoms with Crippen molar-refractivity contribution in [1.82, 2.24) is 4.90 Å². The molecule has 0 saturated heterocycles. The van der Waals surface area contributed by atoms with Crippen LogP contribution < -0.4 is 5.32 Å². The minimum atomic E-state index is -0.516. The highest BCUT2D eigenvalue weighted by Crippen LogP contribution is 2.27. The minimum absolute atomic E-state index is 0.231. The first-order valence-electron chi connectivity index (χ1n) is 9.58. The molecule has 1 atom stereocenters. The van der Waals surface area contributed by atoms with Gasteiger partial charge in [-0.1, -0.05) is 49.4 Å². The number of nitrogens with one attached hydrogen (secondary N) is 1. The molecule has 0 spiro atoms. The van der Waals surface area contributed by atoms with Crippen LogP contribution in [0.15, 0.2) is 48.5 Å². The van der Waals surface area contributed by atoms with E-state index in [-0.39, 0.29) is 6.04 Å². The van der Waals surface area contributed by atoms with E-state index in [1.165, 1.54) is 11.1 Å². The minimum Gasteiger partial charge on any atom is -0.444 e. The summed E-state index contributed by atoms with van der Waals surface area (Å²) in [5.41, 5.74) is 3.76. The maximum atomic E-state index is 12.1. The van der Waals surface area contributed by atoms with E-state index in [0.717, 1.165) is 24.3 Å². The molecule has 0 heterocycles. The van der Waals surface area contributed by atoms with Gasteiger partial charge in [0, 0.05) is 18.3 Å². The standard InChI is InChI=1S/C23H32N2O2/c1-7-25(16-19-11-9-8-10-12-19)18(3)20-14-13-17(2)21(15-20)24-22(26)27-23(4,5)6/h8-15,18H,7,16H2,1-6H3,(H,24,26). The largest absolute Gasteiger partial charge is 0.444 e. The quantitative estimate of drug-likeness (QED) is 0.687. The van der Waals surface area contributed by atoms with Gasteiger partial charge in [0.1, 0.15) is 5.60 Å². The van der Waals surface area contributed by atoms with Gasteiger partial charge >= 0.3 is 6.09 Å². The Bertz CT molecular complexity index is 751. The van der Waals surface area contributed by atoms with Crippen LogP contribution in [0, 0.1) is 6.92 Å². The van der Waals surface area contributed by atoms with Crippen LogP contribution in [0.3, 0.4) is 0 Å². The molecule has 0 aliphatic carbocycles. The molecule has 1 N–H and O–H groups in total. The molecule has 1 unspecified atom stereocenters. The lowest BCUT2D eigenvalue weighted by Crippen LogP contribution is -2.28. The van der Waals surface area contributed by atoms with E-state index in [1.54, 1.807) is 0 Å². The van der Waals surface area contributed by atoms with E-state index < -0.39 is 11.7 Å². The number of hydrogen-bond donors (Lipinski definition) is 1. The zero-order chi connectivity index (χ0) is 20.0. The number of carbonyl (C=O) groups is 1. The molecule has 4 nitrogen and oxygen atoms in total. The molecule has 0 fully saturated rings. The lowest BCUT2D eigenvalue weighted by Gasteiger charge is -2.29. The average molecular weight is 369 g/mol. The molecule has 1 amide bonds. The summed E-state index contributed by atoms with van der Waals surface area (Å²) in [5.74, 6) is 0. The Kier molecular flexibility index (Phi) is 7.03. The third kappa shape index (κ3) is 6.40. The molecule has 0 radical (unpaired) electrons. The van der Waals surface area contributed by atoms with E-state index in [0.29, 0.717) is 0 Å². The van der Waals surface area contributed by atoms with Gasteiger partial charge in [-0.15, -0.1) is 0 Å². The summed E-state index contributed by atoms with van der Waals surface area (Å²) in [6, 6.07) is 17.0. The molecule has 0 aliphatic rings. The first kappa shape index (κ1) is 21.0. The molecule has 27 heavy (non-hydrogen) atoms. The molecule has 2 aromatic carbocycles. The smallest absolute Gasteiger partial charge is 0.412 e. The highest BCUT2D eigenvalue weighted by Gasteiger charge is 2.19. The number of aryl methyl sites for hydroxylation is 1. The number of hydrogen-bond acceptors (Lipinski definition) is 3. The van der Waals surface area contributed by atoms with Crippen molar-refractivity contribution in [1.29, 1.82) is 0 Å². The highest BCUT2D eigenvalue weighted by molar-refractivity contribution is 5.86. The third-order valence-corrected chi connectivity index (χ3v) is 4.56. The van der Waals surface area contributed by atoms with Gasteiger partial charge in [0.05, 0.1) is 0 Å². The van der Waals surface area contributed by atoms with Crippen molar-refractivity contribution in [2.24, 2.45) is 0 Å². The number of anilines is 1. The molecule has 0 saturated carbocycles. The number of benzene rings is 2. The number of nitrogens with zero attached hydrogens (tertiary/aromatic N) is 1. The number of carbonyl (C=O) groups excluding carboxylic acids is 1. The van der Waals surface area contributed by atoms with Crippen molar-refractivity contribution in [2.45, 2.75) is 59.7 Å². The Balaban J connectivity index is 2.16. The van der Waals surface area contributed by atoms with Crippen molar-refractivity contribution >= 4 is 11.8 Å². The van der Waals surface area contributed by atoms with Crippen molar-refractivity contribution in [3.05, 3.63) is 65.2 Å². The predicted octanol–water partition coefficient (Wildman–Crippen LogP) is 5.93. The van der Waals surface area contributed by atoms with Gasteiger partial charge in [0.15, 0.2) is 0 Å². The molecular formula is C23H32N2O2. The van der Waals surface area contributed by atoms with Crippen LogP contribution in [0.5, 0.6) is 0 Å². The van der Waals surface area contributed by atoms with Crippen molar-refractivity contribution < 1.29 is 9.53 Å². The third-order valence-electron chi connectivity index (χ3n) is 4.56. The zero-order valence-electron chi connectivity index (χ0n) is 17.4. The molecule has 2 aromatic rings. The topological polar surface area (TPSA) is 41.6 Å². The fraction of sp³-hybridized carbons (Fsp3) is 0.435. The monoisotopic (exact) mass is 368 g/mol. The molecule has 0 aliphatic heterocycles. The van der Waals surface area contributed by atoms with Gasteiger partial charge in [0.2, 0.25) is 0 Å². The van der Waals surface area contributed by atoms with E-state index in [4.69, 9.17) is 4.74 Å². The van der Waals surface area contributed by atoms with Gasteiger partial charge in [-0.25, -0.2) is 4.79 Å². The van der Waals surface area contributed by atoms with Crippen LogP contribution in [0.1, 0.15) is 57.4 Å². The second-order valence-electron chi connectivity index (χ2n) is 7.93. The van der Waals surface area contributed by atoms with Crippen LogP contribution >= 0.6 is 0 Å². The van der Waals surface area contributed by atoms with Crippen molar-refractivity contribution in [3.8, 4) is 0 Å². The summed E-state index contributed by atoms with van der Waals surface area (Å²) < 4.78 is 5.38. The summed E-state index contributed by atoms with van der Waals surface area (Å²) >= 11 is 0. The number of rotatable bonds is 6. The molecule has 146 valence electrons. The highest BCUT2D eigenvalue weighted by atomic mass is 16.6. The maximum Gasteiger partial charge on any atom is 0.412 e. The maximum absolute atomic E-state index is 12.1. The Morgan fingerprint density at radius 2 is 1.81 bits per heavy atom. The Hall–Kier alpha value is -2.33. The normalized spacial score (nSPS) is 12.7. The van der Waals surface area contributed by atoms with Crippen LogP contribution in [0.25, 0.3) is 0 Å². The first-order valence-corrected chi connectivity index (χ1v) is 9.58. The fourth-order valence-corrected chi connectivity index (χ4v) is 3.00. The van der Waals surface area contributed by atoms with Gasteiger partial charge in [-0.05, 0) is 63.9 Å². The Morgan fingerprint density at radius 3 is 2.41 bits per heavy atom. The van der Waals surface area contributed by atoms with Crippen molar-refractivity contribution in [3.63, 3.8) is 0 Å². The SMILES string of the molecule is CCN(Cc1ccccc1)C(C)c1ccc(C)c(NC(=O)OC(C)(C)C)c1. The molecular weight excluding hydrogens is 336 g/mol. The first-order chi connectivity index (χ1) is 12.7. The zero-order valence-corrected chi connectivity index (χ0v) is 17.4. The lowest BCUT2D eigenvalue weighted by molar-refractivity contribution is 0.0636. The lowest BCUT2D eigenvalue weighted by atomic mass is 10.0. The van der Waals surface area contributed by atoms with Crippen molar-refractivity contribution in [2.75, 3.05) is 11.9 Å².